The highest BCUT2D eigenvalue weighted by atomic mass is 79.9. The fourth-order valence-corrected chi connectivity index (χ4v) is 1.47. The predicted octanol–water partition coefficient (Wildman–Crippen LogP) is 2.40. The van der Waals surface area contributed by atoms with E-state index in [1.165, 1.54) is 7.11 Å². The molecule has 0 aromatic heterocycles. The van der Waals surface area contributed by atoms with E-state index < -0.39 is 5.97 Å². The SMILES string of the molecule is COC(=O)/C(=C/N(C)C)Oc1ccccc1Br. The summed E-state index contributed by atoms with van der Waals surface area (Å²) in [7, 11) is 4.91. The summed E-state index contributed by atoms with van der Waals surface area (Å²) >= 11 is 3.34. The van der Waals surface area contributed by atoms with Crippen LogP contribution in [-0.2, 0) is 9.53 Å². The van der Waals surface area contributed by atoms with Crippen LogP contribution in [0.2, 0.25) is 0 Å². The summed E-state index contributed by atoms with van der Waals surface area (Å²) in [5, 5.41) is 0. The zero-order chi connectivity index (χ0) is 12.8. The first kappa shape index (κ1) is 13.6. The van der Waals surface area contributed by atoms with Crippen LogP contribution >= 0.6 is 15.9 Å². The first-order valence-electron chi connectivity index (χ1n) is 4.93. The van der Waals surface area contributed by atoms with Crippen LogP contribution < -0.4 is 4.74 Å². The monoisotopic (exact) mass is 299 g/mol. The molecular formula is C12H14BrNO3. The molecule has 92 valence electrons. The number of benzene rings is 1. The molecule has 0 fully saturated rings. The minimum absolute atomic E-state index is 0.129. The third kappa shape index (κ3) is 4.11. The molecule has 1 aromatic carbocycles. The summed E-state index contributed by atoms with van der Waals surface area (Å²) in [6, 6.07) is 7.28. The molecule has 4 nitrogen and oxygen atoms in total. The zero-order valence-electron chi connectivity index (χ0n) is 9.94. The highest BCUT2D eigenvalue weighted by molar-refractivity contribution is 9.10. The summed E-state index contributed by atoms with van der Waals surface area (Å²) in [4.78, 5) is 13.2. The molecule has 0 N–H and O–H groups in total. The molecule has 17 heavy (non-hydrogen) atoms. The van der Waals surface area contributed by atoms with Crippen LogP contribution in [0, 0.1) is 0 Å². The molecule has 0 radical (unpaired) electrons. The number of hydrogen-bond acceptors (Lipinski definition) is 4. The molecule has 0 saturated heterocycles. The number of carbonyl (C=O) groups excluding carboxylic acids is 1. The molecule has 0 unspecified atom stereocenters. The van der Waals surface area contributed by atoms with Crippen molar-refractivity contribution in [2.24, 2.45) is 0 Å². The first-order valence-corrected chi connectivity index (χ1v) is 5.73. The maximum atomic E-state index is 11.5. The molecule has 0 aliphatic heterocycles. The van der Waals surface area contributed by atoms with E-state index in [0.29, 0.717) is 5.75 Å². The maximum Gasteiger partial charge on any atom is 0.375 e. The number of para-hydroxylation sites is 1. The fourth-order valence-electron chi connectivity index (χ4n) is 1.10. The summed E-state index contributed by atoms with van der Waals surface area (Å²) in [6.45, 7) is 0. The Bertz CT molecular complexity index is 430. The normalized spacial score (nSPS) is 10.9. The second-order valence-corrected chi connectivity index (χ2v) is 4.34. The molecule has 0 aliphatic carbocycles. The van der Waals surface area contributed by atoms with Gasteiger partial charge >= 0.3 is 5.97 Å². The lowest BCUT2D eigenvalue weighted by molar-refractivity contribution is -0.138. The van der Waals surface area contributed by atoms with Crippen molar-refractivity contribution in [1.29, 1.82) is 0 Å². The molecule has 0 spiro atoms. The van der Waals surface area contributed by atoms with E-state index in [0.717, 1.165) is 4.47 Å². The molecule has 0 amide bonds. The summed E-state index contributed by atoms with van der Waals surface area (Å²) in [5.74, 6) is 0.171. The molecule has 0 heterocycles. The molecule has 1 rings (SSSR count). The average molecular weight is 300 g/mol. The second-order valence-electron chi connectivity index (χ2n) is 3.48. The van der Waals surface area contributed by atoms with Crippen molar-refractivity contribution in [2.75, 3.05) is 21.2 Å². The number of halogens is 1. The van der Waals surface area contributed by atoms with Gasteiger partial charge in [0.1, 0.15) is 5.75 Å². The molecule has 0 saturated carbocycles. The highest BCUT2D eigenvalue weighted by Crippen LogP contribution is 2.25. The summed E-state index contributed by atoms with van der Waals surface area (Å²) in [5.41, 5.74) is 0. The third-order valence-electron chi connectivity index (χ3n) is 1.82. The van der Waals surface area contributed by atoms with Gasteiger partial charge in [0, 0.05) is 20.3 Å². The van der Waals surface area contributed by atoms with Crippen molar-refractivity contribution in [2.45, 2.75) is 0 Å². The number of hydrogen-bond donors (Lipinski definition) is 0. The standard InChI is InChI=1S/C12H14BrNO3/c1-14(2)8-11(12(15)16-3)17-10-7-5-4-6-9(10)13/h4-8H,1-3H3/b11-8-. The lowest BCUT2D eigenvalue weighted by Gasteiger charge is -2.12. The Balaban J connectivity index is 2.95. The van der Waals surface area contributed by atoms with Crippen LogP contribution in [0.4, 0.5) is 0 Å². The number of methoxy groups -OCH3 is 1. The van der Waals surface area contributed by atoms with E-state index in [1.807, 2.05) is 18.2 Å². The number of ether oxygens (including phenoxy) is 2. The van der Waals surface area contributed by atoms with E-state index in [2.05, 4.69) is 20.7 Å². The van der Waals surface area contributed by atoms with Crippen LogP contribution in [0.5, 0.6) is 5.75 Å². The second kappa shape index (κ2) is 6.30. The van der Waals surface area contributed by atoms with Crippen molar-refractivity contribution in [3.63, 3.8) is 0 Å². The van der Waals surface area contributed by atoms with Gasteiger partial charge in [-0.05, 0) is 28.1 Å². The van der Waals surface area contributed by atoms with Crippen LogP contribution in [-0.4, -0.2) is 32.1 Å². The molecule has 0 atom stereocenters. The molecule has 0 aliphatic rings. The van der Waals surface area contributed by atoms with Gasteiger partial charge in [-0.15, -0.1) is 0 Å². The van der Waals surface area contributed by atoms with Gasteiger partial charge in [-0.3, -0.25) is 0 Å². The predicted molar refractivity (Wildman–Crippen MR) is 68.6 cm³/mol. The Morgan fingerprint density at radius 2 is 2.00 bits per heavy atom. The first-order chi connectivity index (χ1) is 8.04. The van der Waals surface area contributed by atoms with Crippen LogP contribution in [0.25, 0.3) is 0 Å². The maximum absolute atomic E-state index is 11.5. The zero-order valence-corrected chi connectivity index (χ0v) is 11.5. The van der Waals surface area contributed by atoms with Crippen molar-refractivity contribution in [3.05, 3.63) is 40.7 Å². The van der Waals surface area contributed by atoms with E-state index >= 15 is 0 Å². The number of nitrogens with zero attached hydrogens (tertiary/aromatic N) is 1. The van der Waals surface area contributed by atoms with Crippen molar-refractivity contribution >= 4 is 21.9 Å². The van der Waals surface area contributed by atoms with Gasteiger partial charge in [0.2, 0.25) is 5.76 Å². The number of carbonyl (C=O) groups is 1. The van der Waals surface area contributed by atoms with Gasteiger partial charge < -0.3 is 14.4 Å². The largest absolute Gasteiger partial charge is 0.463 e. The fraction of sp³-hybridized carbons (Fsp3) is 0.250. The minimum atomic E-state index is -0.519. The molecule has 0 bridgehead atoms. The highest BCUT2D eigenvalue weighted by Gasteiger charge is 2.14. The average Bonchev–Trinajstić information content (AvgIpc) is 2.29. The Hall–Kier alpha value is -1.49. The quantitative estimate of drug-likeness (QED) is 0.486. The van der Waals surface area contributed by atoms with E-state index in [4.69, 9.17) is 4.74 Å². The minimum Gasteiger partial charge on any atom is -0.463 e. The van der Waals surface area contributed by atoms with Gasteiger partial charge in [0.15, 0.2) is 0 Å². The Morgan fingerprint density at radius 3 is 2.53 bits per heavy atom. The van der Waals surface area contributed by atoms with Gasteiger partial charge in [0.05, 0.1) is 11.6 Å². The Morgan fingerprint density at radius 1 is 1.35 bits per heavy atom. The smallest absolute Gasteiger partial charge is 0.375 e. The van der Waals surface area contributed by atoms with Gasteiger partial charge in [-0.25, -0.2) is 4.79 Å². The van der Waals surface area contributed by atoms with E-state index in [1.54, 1.807) is 31.3 Å². The molecular weight excluding hydrogens is 286 g/mol. The lowest BCUT2D eigenvalue weighted by atomic mass is 10.3. The summed E-state index contributed by atoms with van der Waals surface area (Å²) < 4.78 is 10.9. The van der Waals surface area contributed by atoms with E-state index in [9.17, 15) is 4.79 Å². The molecule has 5 heteroatoms. The number of rotatable bonds is 4. The third-order valence-corrected chi connectivity index (χ3v) is 2.47. The Labute approximate surface area is 109 Å². The van der Waals surface area contributed by atoms with Gasteiger partial charge in [-0.1, -0.05) is 12.1 Å². The van der Waals surface area contributed by atoms with Crippen molar-refractivity contribution < 1.29 is 14.3 Å². The lowest BCUT2D eigenvalue weighted by Crippen LogP contribution is -2.15. The van der Waals surface area contributed by atoms with Crippen LogP contribution in [0.1, 0.15) is 0 Å². The molecule has 1 aromatic rings. The van der Waals surface area contributed by atoms with Crippen LogP contribution in [0.15, 0.2) is 40.7 Å². The Kier molecular flexibility index (Phi) is 5.03. The van der Waals surface area contributed by atoms with Crippen LogP contribution in [0.3, 0.4) is 0 Å². The van der Waals surface area contributed by atoms with E-state index in [-0.39, 0.29) is 5.76 Å². The summed E-state index contributed by atoms with van der Waals surface area (Å²) in [6.07, 6.45) is 1.56. The number of esters is 1. The van der Waals surface area contributed by atoms with Crippen molar-refractivity contribution in [3.8, 4) is 5.75 Å². The van der Waals surface area contributed by atoms with Gasteiger partial charge in [-0.2, -0.15) is 0 Å². The van der Waals surface area contributed by atoms with Gasteiger partial charge in [0.25, 0.3) is 0 Å². The topological polar surface area (TPSA) is 38.8 Å². The van der Waals surface area contributed by atoms with Crippen molar-refractivity contribution in [1.82, 2.24) is 4.90 Å².